The van der Waals surface area contributed by atoms with E-state index >= 15 is 0 Å². The Balaban J connectivity index is 2.62. The van der Waals surface area contributed by atoms with Gasteiger partial charge in [-0.05, 0) is 16.8 Å². The summed E-state index contributed by atoms with van der Waals surface area (Å²) in [6.45, 7) is 0. The van der Waals surface area contributed by atoms with Gasteiger partial charge in [-0.2, -0.15) is 0 Å². The summed E-state index contributed by atoms with van der Waals surface area (Å²) in [6, 6.07) is 9.36. The van der Waals surface area contributed by atoms with E-state index in [-0.39, 0.29) is 11.1 Å². The van der Waals surface area contributed by atoms with Crippen LogP contribution >= 0.6 is 0 Å². The number of H-pyrrole nitrogens is 1. The molecule has 1 heterocycles. The first-order valence-electron chi connectivity index (χ1n) is 5.26. The lowest BCUT2D eigenvalue weighted by Crippen LogP contribution is -2.15. The molecule has 0 saturated carbocycles. The predicted molar refractivity (Wildman–Crippen MR) is 70.0 cm³/mol. The van der Waals surface area contributed by atoms with Gasteiger partial charge in [0.25, 0.3) is 0 Å². The molecule has 0 unspecified atom stereocenters. The number of hydrogen-bond acceptors (Lipinski definition) is 3. The number of rotatable bonds is 0. The molecule has 4 nitrogen and oxygen atoms in total. The van der Waals surface area contributed by atoms with Crippen molar-refractivity contribution in [2.45, 2.75) is 0 Å². The zero-order valence-corrected chi connectivity index (χ0v) is 9.03. The normalized spacial score (nSPS) is 11.1. The fourth-order valence-corrected chi connectivity index (χ4v) is 2.08. The highest BCUT2D eigenvalue weighted by atomic mass is 16.1. The summed E-state index contributed by atoms with van der Waals surface area (Å²) in [5.74, 6) is 0. The third-order valence-electron chi connectivity index (χ3n) is 2.97. The van der Waals surface area contributed by atoms with E-state index in [1.807, 2.05) is 30.5 Å². The van der Waals surface area contributed by atoms with E-state index in [1.165, 1.54) is 0 Å². The number of nitrogens with one attached hydrogen (secondary N) is 1. The highest BCUT2D eigenvalue weighted by molar-refractivity contribution is 5.98. The summed E-state index contributed by atoms with van der Waals surface area (Å²) >= 11 is 0. The second kappa shape index (κ2) is 3.25. The number of aromatic nitrogens is 1. The average Bonchev–Trinajstić information content (AvgIpc) is 2.35. The Morgan fingerprint density at radius 3 is 2.71 bits per heavy atom. The standard InChI is InChI=1S/C13H11N3O/c14-9-5-10-11(13(17)12(9)15)8-4-2-1-3-7(8)6-16-10/h1-6,16H,14-15H2. The van der Waals surface area contributed by atoms with Crippen LogP contribution in [0.5, 0.6) is 0 Å². The number of benzene rings is 2. The van der Waals surface area contributed by atoms with Crippen LogP contribution in [0.4, 0.5) is 11.4 Å². The van der Waals surface area contributed by atoms with Gasteiger partial charge in [-0.25, -0.2) is 0 Å². The highest BCUT2D eigenvalue weighted by Gasteiger charge is 2.15. The van der Waals surface area contributed by atoms with E-state index in [4.69, 9.17) is 11.5 Å². The lowest BCUT2D eigenvalue weighted by atomic mass is 10.00. The summed E-state index contributed by atoms with van der Waals surface area (Å²) in [5.41, 5.74) is 12.9. The van der Waals surface area contributed by atoms with Crippen molar-refractivity contribution in [2.75, 3.05) is 11.5 Å². The lowest BCUT2D eigenvalue weighted by Gasteiger charge is -2.11. The minimum absolute atomic E-state index is 0.113. The Morgan fingerprint density at radius 2 is 1.88 bits per heavy atom. The molecule has 5 N–H and O–H groups in total. The minimum Gasteiger partial charge on any atom is -0.397 e. The number of pyridine rings is 1. The van der Waals surface area contributed by atoms with Gasteiger partial charge in [0.05, 0.1) is 16.9 Å². The summed E-state index contributed by atoms with van der Waals surface area (Å²) in [6.07, 6.45) is 1.85. The third kappa shape index (κ3) is 1.27. The first-order chi connectivity index (χ1) is 8.18. The van der Waals surface area contributed by atoms with Gasteiger partial charge < -0.3 is 16.5 Å². The van der Waals surface area contributed by atoms with Gasteiger partial charge in [-0.1, -0.05) is 24.3 Å². The molecule has 0 atom stereocenters. The molecule has 0 aromatic heterocycles. The lowest BCUT2D eigenvalue weighted by molar-refractivity contribution is 1.34. The van der Waals surface area contributed by atoms with Crippen molar-refractivity contribution in [2.24, 2.45) is 0 Å². The molecule has 4 heteroatoms. The van der Waals surface area contributed by atoms with E-state index in [1.54, 1.807) is 6.07 Å². The largest absolute Gasteiger partial charge is 0.397 e. The van der Waals surface area contributed by atoms with Crippen LogP contribution in [0, 0.1) is 0 Å². The fraction of sp³-hybridized carbons (Fsp3) is 0. The van der Waals surface area contributed by atoms with Crippen molar-refractivity contribution >= 4 is 22.1 Å². The highest BCUT2D eigenvalue weighted by Crippen LogP contribution is 2.29. The van der Waals surface area contributed by atoms with E-state index in [2.05, 4.69) is 4.98 Å². The molecule has 3 rings (SSSR count). The van der Waals surface area contributed by atoms with Crippen molar-refractivity contribution < 1.29 is 0 Å². The molecule has 84 valence electrons. The average molecular weight is 225 g/mol. The second-order valence-electron chi connectivity index (χ2n) is 4.01. The van der Waals surface area contributed by atoms with Crippen LogP contribution in [0.1, 0.15) is 0 Å². The molecular weight excluding hydrogens is 214 g/mol. The SMILES string of the molecule is Nc1cc2[nH]cc3ccccc3c-2c(=O)c1N. The van der Waals surface area contributed by atoms with Crippen LogP contribution in [0.3, 0.4) is 0 Å². The topological polar surface area (TPSA) is 84.9 Å². The first-order valence-corrected chi connectivity index (χ1v) is 5.26. The van der Waals surface area contributed by atoms with E-state index in [0.29, 0.717) is 16.9 Å². The van der Waals surface area contributed by atoms with Gasteiger partial charge >= 0.3 is 0 Å². The first kappa shape index (κ1) is 9.72. The number of aromatic amines is 1. The van der Waals surface area contributed by atoms with Gasteiger partial charge in [0, 0.05) is 6.20 Å². The Hall–Kier alpha value is -2.49. The molecule has 17 heavy (non-hydrogen) atoms. The fourth-order valence-electron chi connectivity index (χ4n) is 2.08. The summed E-state index contributed by atoms with van der Waals surface area (Å²) in [5, 5.41) is 1.86. The number of anilines is 2. The molecule has 0 fully saturated rings. The molecule has 0 spiro atoms. The van der Waals surface area contributed by atoms with Crippen molar-refractivity contribution in [3.05, 3.63) is 46.8 Å². The molecule has 1 aromatic rings. The number of fused-ring (bicyclic) bond motifs is 3. The zero-order valence-electron chi connectivity index (χ0n) is 9.03. The number of nitrogen functional groups attached to an aromatic ring is 2. The van der Waals surface area contributed by atoms with E-state index in [0.717, 1.165) is 10.8 Å². The van der Waals surface area contributed by atoms with Gasteiger partial charge in [-0.3, -0.25) is 4.79 Å². The van der Waals surface area contributed by atoms with Crippen molar-refractivity contribution in [1.82, 2.24) is 4.98 Å². The smallest absolute Gasteiger partial charge is 0.213 e. The van der Waals surface area contributed by atoms with Crippen molar-refractivity contribution in [3.63, 3.8) is 0 Å². The van der Waals surface area contributed by atoms with Gasteiger partial charge in [0.15, 0.2) is 0 Å². The van der Waals surface area contributed by atoms with Crippen LogP contribution in [-0.4, -0.2) is 4.98 Å². The summed E-state index contributed by atoms with van der Waals surface area (Å²) in [7, 11) is 0. The number of hydrogen-bond donors (Lipinski definition) is 3. The Labute approximate surface area is 97.2 Å². The second-order valence-corrected chi connectivity index (χ2v) is 4.01. The molecular formula is C13H11N3O. The van der Waals surface area contributed by atoms with Gasteiger partial charge in [-0.15, -0.1) is 0 Å². The molecule has 1 aliphatic heterocycles. The molecule has 2 aliphatic rings. The molecule has 1 aromatic carbocycles. The monoisotopic (exact) mass is 225 g/mol. The summed E-state index contributed by atoms with van der Waals surface area (Å²) in [4.78, 5) is 15.2. The van der Waals surface area contributed by atoms with E-state index in [9.17, 15) is 4.79 Å². The Bertz CT molecular complexity index is 745. The molecule has 0 bridgehead atoms. The van der Waals surface area contributed by atoms with Crippen molar-refractivity contribution in [1.29, 1.82) is 0 Å². The third-order valence-corrected chi connectivity index (χ3v) is 2.97. The Morgan fingerprint density at radius 1 is 1.12 bits per heavy atom. The van der Waals surface area contributed by atoms with E-state index < -0.39 is 0 Å². The maximum Gasteiger partial charge on any atom is 0.213 e. The van der Waals surface area contributed by atoms with Crippen LogP contribution in [0.2, 0.25) is 0 Å². The Kier molecular flexibility index (Phi) is 1.86. The minimum atomic E-state index is -0.215. The molecule has 1 aliphatic carbocycles. The zero-order chi connectivity index (χ0) is 12.0. The molecule has 0 radical (unpaired) electrons. The predicted octanol–water partition coefficient (Wildman–Crippen LogP) is 1.80. The molecule has 0 amide bonds. The van der Waals surface area contributed by atoms with Gasteiger partial charge in [0.2, 0.25) is 5.43 Å². The quantitative estimate of drug-likeness (QED) is 0.403. The van der Waals surface area contributed by atoms with Crippen LogP contribution in [0.15, 0.2) is 41.3 Å². The maximum atomic E-state index is 12.1. The van der Waals surface area contributed by atoms with Crippen LogP contribution in [0.25, 0.3) is 22.0 Å². The molecule has 0 saturated heterocycles. The summed E-state index contributed by atoms with van der Waals surface area (Å²) < 4.78 is 0. The van der Waals surface area contributed by atoms with Crippen LogP contribution in [-0.2, 0) is 0 Å². The van der Waals surface area contributed by atoms with Crippen molar-refractivity contribution in [3.8, 4) is 11.3 Å². The van der Waals surface area contributed by atoms with Gasteiger partial charge in [0.1, 0.15) is 5.69 Å². The maximum absolute atomic E-state index is 12.1. The van der Waals surface area contributed by atoms with Crippen LogP contribution < -0.4 is 16.9 Å². The number of nitrogens with two attached hydrogens (primary N) is 2.